The summed E-state index contributed by atoms with van der Waals surface area (Å²) in [4.78, 5) is 6.55. The number of nitrogens with zero attached hydrogens (tertiary/aromatic N) is 6. The van der Waals surface area contributed by atoms with Crippen LogP contribution in [0.1, 0.15) is 6.92 Å². The number of benzene rings is 1. The van der Waals surface area contributed by atoms with E-state index in [1.165, 1.54) is 6.07 Å². The number of halogens is 1. The predicted molar refractivity (Wildman–Crippen MR) is 116 cm³/mol. The Bertz CT molecular complexity index is 1250. The lowest BCUT2D eigenvalue weighted by atomic mass is 10.0. The van der Waals surface area contributed by atoms with Gasteiger partial charge in [0.1, 0.15) is 22.7 Å². The average molecular weight is 419 g/mol. The van der Waals surface area contributed by atoms with E-state index in [4.69, 9.17) is 0 Å². The molecule has 0 radical (unpaired) electrons. The van der Waals surface area contributed by atoms with Crippen molar-refractivity contribution in [3.05, 3.63) is 48.5 Å². The molecule has 0 bridgehead atoms. The lowest BCUT2D eigenvalue weighted by Crippen LogP contribution is -2.49. The van der Waals surface area contributed by atoms with Crippen molar-refractivity contribution in [2.75, 3.05) is 24.5 Å². The van der Waals surface area contributed by atoms with Crippen molar-refractivity contribution in [2.24, 2.45) is 7.05 Å². The summed E-state index contributed by atoms with van der Waals surface area (Å²) in [6.45, 7) is 4.77. The van der Waals surface area contributed by atoms with Crippen LogP contribution in [0.2, 0.25) is 0 Å². The first-order valence-corrected chi connectivity index (χ1v) is 10.1. The van der Waals surface area contributed by atoms with E-state index in [9.17, 15) is 9.50 Å². The number of fused-ring (bicyclic) bond motifs is 1. The Balaban J connectivity index is 1.43. The predicted octanol–water partition coefficient (Wildman–Crippen LogP) is 2.74. The van der Waals surface area contributed by atoms with Gasteiger partial charge in [-0.25, -0.2) is 9.37 Å². The molecule has 0 saturated carbocycles. The van der Waals surface area contributed by atoms with Crippen molar-refractivity contribution in [3.8, 4) is 28.3 Å². The van der Waals surface area contributed by atoms with Crippen molar-refractivity contribution in [2.45, 2.75) is 13.0 Å². The molecule has 1 fully saturated rings. The molecule has 4 aromatic rings. The molecule has 1 saturated heterocycles. The molecule has 9 heteroatoms. The summed E-state index contributed by atoms with van der Waals surface area (Å²) in [5, 5.41) is 27.4. The molecule has 158 valence electrons. The zero-order valence-electron chi connectivity index (χ0n) is 17.2. The van der Waals surface area contributed by atoms with Gasteiger partial charge in [-0.2, -0.15) is 5.10 Å². The molecule has 1 aliphatic rings. The van der Waals surface area contributed by atoms with E-state index < -0.39 is 5.82 Å². The summed E-state index contributed by atoms with van der Waals surface area (Å²) in [6, 6.07) is 8.87. The minimum atomic E-state index is -0.416. The second-order valence-electron chi connectivity index (χ2n) is 7.87. The summed E-state index contributed by atoms with van der Waals surface area (Å²) in [6.07, 6.45) is 3.35. The molecule has 8 nitrogen and oxygen atoms in total. The van der Waals surface area contributed by atoms with Crippen molar-refractivity contribution in [3.63, 3.8) is 0 Å². The van der Waals surface area contributed by atoms with Crippen LogP contribution in [0.3, 0.4) is 0 Å². The van der Waals surface area contributed by atoms with Crippen LogP contribution in [0.15, 0.2) is 42.7 Å². The Morgan fingerprint density at radius 1 is 1.16 bits per heavy atom. The zero-order chi connectivity index (χ0) is 21.5. The number of pyridine rings is 1. The van der Waals surface area contributed by atoms with Crippen molar-refractivity contribution >= 4 is 16.7 Å². The van der Waals surface area contributed by atoms with E-state index in [0.29, 0.717) is 39.5 Å². The highest BCUT2D eigenvalue weighted by Gasteiger charge is 2.18. The molecule has 0 amide bonds. The number of aryl methyl sites for hydroxylation is 1. The van der Waals surface area contributed by atoms with Gasteiger partial charge in [0.2, 0.25) is 0 Å². The number of nitrogens with one attached hydrogen (secondary N) is 1. The van der Waals surface area contributed by atoms with Crippen LogP contribution in [0, 0.1) is 5.82 Å². The van der Waals surface area contributed by atoms with Crippen LogP contribution in [-0.2, 0) is 7.05 Å². The number of aromatic nitrogens is 5. The molecule has 1 aliphatic heterocycles. The molecule has 31 heavy (non-hydrogen) atoms. The van der Waals surface area contributed by atoms with Crippen LogP contribution < -0.4 is 10.2 Å². The summed E-state index contributed by atoms with van der Waals surface area (Å²) in [5.74, 6) is 0.343. The molecule has 5 rings (SSSR count). The topological polar surface area (TPSA) is 92.0 Å². The standard InChI is InChI=1S/C22H22FN7O/c1-13-11-30(6-5-24-13)20-4-3-18(26-27-20)22-19(31)9-15(10-25-22)14-7-16-12-29(2)28-21(16)17(23)8-14/h3-4,7-10,12-13,24,31H,5-6,11H2,1-2H3/t13-/m1/s1. The molecular weight excluding hydrogens is 397 g/mol. The molecule has 3 aromatic heterocycles. The van der Waals surface area contributed by atoms with Gasteiger partial charge in [-0.05, 0) is 42.8 Å². The smallest absolute Gasteiger partial charge is 0.151 e. The molecule has 0 unspecified atom stereocenters. The van der Waals surface area contributed by atoms with E-state index in [1.807, 2.05) is 12.1 Å². The summed E-state index contributed by atoms with van der Waals surface area (Å²) in [7, 11) is 1.75. The maximum atomic E-state index is 14.4. The molecule has 0 spiro atoms. The quantitative estimate of drug-likeness (QED) is 0.528. The lowest BCUT2D eigenvalue weighted by Gasteiger charge is -2.32. The normalized spacial score (nSPS) is 16.7. The van der Waals surface area contributed by atoms with Crippen molar-refractivity contribution in [1.82, 2.24) is 30.3 Å². The van der Waals surface area contributed by atoms with Crippen LogP contribution in [0.25, 0.3) is 33.4 Å². The van der Waals surface area contributed by atoms with E-state index in [1.54, 1.807) is 36.3 Å². The first kappa shape index (κ1) is 19.4. The van der Waals surface area contributed by atoms with E-state index in [2.05, 4.69) is 37.4 Å². The Morgan fingerprint density at radius 2 is 2.03 bits per heavy atom. The number of hydrogen-bond acceptors (Lipinski definition) is 7. The molecule has 1 atom stereocenters. The highest BCUT2D eigenvalue weighted by molar-refractivity contribution is 5.85. The Labute approximate surface area is 178 Å². The number of hydrogen-bond donors (Lipinski definition) is 2. The molecule has 1 aromatic carbocycles. The zero-order valence-corrected chi connectivity index (χ0v) is 17.2. The van der Waals surface area contributed by atoms with E-state index in [0.717, 1.165) is 25.5 Å². The van der Waals surface area contributed by atoms with Gasteiger partial charge in [-0.15, -0.1) is 10.2 Å². The van der Waals surface area contributed by atoms with Gasteiger partial charge >= 0.3 is 0 Å². The number of piperazine rings is 1. The summed E-state index contributed by atoms with van der Waals surface area (Å²) in [5.41, 5.74) is 2.34. The van der Waals surface area contributed by atoms with Gasteiger partial charge in [0.15, 0.2) is 11.6 Å². The molecular formula is C22H22FN7O. The minimum absolute atomic E-state index is 0.0398. The first-order valence-electron chi connectivity index (χ1n) is 10.1. The molecule has 2 N–H and O–H groups in total. The minimum Gasteiger partial charge on any atom is -0.506 e. The maximum absolute atomic E-state index is 14.4. The third-order valence-corrected chi connectivity index (χ3v) is 5.46. The number of rotatable bonds is 3. The monoisotopic (exact) mass is 419 g/mol. The third-order valence-electron chi connectivity index (χ3n) is 5.46. The second kappa shape index (κ2) is 7.59. The van der Waals surface area contributed by atoms with Gasteiger partial charge in [0, 0.05) is 56.1 Å². The molecule has 4 heterocycles. The van der Waals surface area contributed by atoms with Crippen LogP contribution in [-0.4, -0.2) is 55.7 Å². The third kappa shape index (κ3) is 3.68. The van der Waals surface area contributed by atoms with Gasteiger partial charge < -0.3 is 15.3 Å². The van der Waals surface area contributed by atoms with E-state index >= 15 is 0 Å². The first-order chi connectivity index (χ1) is 15.0. The Hall–Kier alpha value is -3.59. The van der Waals surface area contributed by atoms with Crippen LogP contribution in [0.5, 0.6) is 5.75 Å². The highest BCUT2D eigenvalue weighted by atomic mass is 19.1. The van der Waals surface area contributed by atoms with Crippen LogP contribution >= 0.6 is 0 Å². The SMILES string of the molecule is C[C@@H]1CN(c2ccc(-c3ncc(-c4cc(F)c5nn(C)cc5c4)cc3O)nn2)CCN1. The van der Waals surface area contributed by atoms with Crippen LogP contribution in [0.4, 0.5) is 10.2 Å². The van der Waals surface area contributed by atoms with E-state index in [-0.39, 0.29) is 5.75 Å². The maximum Gasteiger partial charge on any atom is 0.151 e. The fourth-order valence-corrected chi connectivity index (χ4v) is 3.95. The Morgan fingerprint density at radius 3 is 2.77 bits per heavy atom. The summed E-state index contributed by atoms with van der Waals surface area (Å²) >= 11 is 0. The lowest BCUT2D eigenvalue weighted by molar-refractivity contribution is 0.475. The highest BCUT2D eigenvalue weighted by Crippen LogP contribution is 2.32. The average Bonchev–Trinajstić information content (AvgIpc) is 3.15. The fraction of sp³-hybridized carbons (Fsp3) is 0.273. The van der Waals surface area contributed by atoms with Gasteiger partial charge in [-0.3, -0.25) is 4.68 Å². The fourth-order valence-electron chi connectivity index (χ4n) is 3.95. The largest absolute Gasteiger partial charge is 0.506 e. The number of anilines is 1. The second-order valence-corrected chi connectivity index (χ2v) is 7.87. The van der Waals surface area contributed by atoms with Gasteiger partial charge in [0.05, 0.1) is 0 Å². The summed E-state index contributed by atoms with van der Waals surface area (Å²) < 4.78 is 16.0. The number of aromatic hydroxyl groups is 1. The van der Waals surface area contributed by atoms with Gasteiger partial charge in [-0.1, -0.05) is 0 Å². The molecule has 0 aliphatic carbocycles. The van der Waals surface area contributed by atoms with Crippen molar-refractivity contribution < 1.29 is 9.50 Å². The van der Waals surface area contributed by atoms with Gasteiger partial charge in [0.25, 0.3) is 0 Å². The van der Waals surface area contributed by atoms with Crippen molar-refractivity contribution in [1.29, 1.82) is 0 Å². The Kier molecular flexibility index (Phi) is 4.74.